The van der Waals surface area contributed by atoms with Gasteiger partial charge < -0.3 is 64.0 Å². The Balaban J connectivity index is 0.000000523. The number of aryl methyl sites for hydroxylation is 1. The molecular weight excluding hydrogens is 1090 g/mol. The molecule has 0 spiro atoms. The Labute approximate surface area is 485 Å². The maximum absolute atomic E-state index is 13.7. The summed E-state index contributed by atoms with van der Waals surface area (Å²) in [6, 6.07) is 22.8. The van der Waals surface area contributed by atoms with Crippen LogP contribution < -0.4 is 30.3 Å². The van der Waals surface area contributed by atoms with Gasteiger partial charge in [0, 0.05) is 57.5 Å². The zero-order chi connectivity index (χ0) is 60.1. The number of thiazole rings is 1. The average molecular weight is 1170 g/mol. The first-order chi connectivity index (χ1) is 39.0. The molecule has 5 N–H and O–H groups in total. The van der Waals surface area contributed by atoms with Crippen molar-refractivity contribution in [2.24, 2.45) is 5.41 Å². The first-order valence-corrected chi connectivity index (χ1v) is 28.9. The predicted octanol–water partition coefficient (Wildman–Crippen LogP) is 9.88. The number of nitrogens with one attached hydrogen (secondary N) is 4. The van der Waals surface area contributed by atoms with Crippen molar-refractivity contribution in [2.75, 3.05) is 115 Å². The Kier molecular flexibility index (Phi) is 35.6. The second kappa shape index (κ2) is 40.4. The fraction of sp³-hybridized carbons (Fsp3) is 0.517. The minimum atomic E-state index is -4.62. The second-order valence-electron chi connectivity index (χ2n) is 18.6. The van der Waals surface area contributed by atoms with Crippen molar-refractivity contribution in [1.29, 1.82) is 0 Å². The zero-order valence-corrected chi connectivity index (χ0v) is 50.5. The molecule has 3 heterocycles. The number of aldehydes is 2. The molecule has 6 rings (SSSR count). The molecule has 0 bridgehead atoms. The second-order valence-corrected chi connectivity index (χ2v) is 20.4. The molecule has 5 aromatic rings. The van der Waals surface area contributed by atoms with Crippen LogP contribution in [0.1, 0.15) is 76.3 Å². The number of anilines is 4. The summed E-state index contributed by atoms with van der Waals surface area (Å²) >= 11 is 3.19. The van der Waals surface area contributed by atoms with E-state index in [1.165, 1.54) is 22.4 Å². The minimum absolute atomic E-state index is 0.0160. The van der Waals surface area contributed by atoms with E-state index in [0.29, 0.717) is 83.9 Å². The van der Waals surface area contributed by atoms with Crippen LogP contribution in [0.4, 0.5) is 36.3 Å². The lowest BCUT2D eigenvalue weighted by atomic mass is 9.88. The summed E-state index contributed by atoms with van der Waals surface area (Å²) in [4.78, 5) is 48.3. The number of nitrogens with zero attached hydrogens (tertiary/aromatic N) is 5. The molecule has 0 radical (unpaired) electrons. The van der Waals surface area contributed by atoms with Gasteiger partial charge in [-0.25, -0.2) is 9.97 Å². The van der Waals surface area contributed by atoms with Crippen LogP contribution in [0, 0.1) is 12.3 Å². The first kappa shape index (κ1) is 71.3. The predicted molar refractivity (Wildman–Crippen MR) is 320 cm³/mol. The van der Waals surface area contributed by atoms with Crippen LogP contribution in [-0.4, -0.2) is 156 Å². The minimum Gasteiger partial charge on any atom is -0.491 e. The number of carbonyl (C=O) groups is 3. The van der Waals surface area contributed by atoms with Crippen LogP contribution in [0.2, 0.25) is 0 Å². The van der Waals surface area contributed by atoms with Crippen molar-refractivity contribution < 1.29 is 56.3 Å². The van der Waals surface area contributed by atoms with Crippen LogP contribution in [0.5, 0.6) is 5.75 Å². The van der Waals surface area contributed by atoms with E-state index in [9.17, 15) is 27.6 Å². The topological polar surface area (TPSA) is 211 Å². The number of likely N-dealkylation sites (N-methyl/N-ethyl adjacent to an activating group) is 2. The summed E-state index contributed by atoms with van der Waals surface area (Å²) in [5.41, 5.74) is 6.65. The molecule has 2 aromatic heterocycles. The van der Waals surface area contributed by atoms with Crippen LogP contribution in [-0.2, 0) is 52.6 Å². The van der Waals surface area contributed by atoms with Gasteiger partial charge >= 0.3 is 6.18 Å². The molecule has 1 aliphatic rings. The van der Waals surface area contributed by atoms with Gasteiger partial charge in [0.25, 0.3) is 0 Å². The molecule has 450 valence electrons. The third-order valence-corrected chi connectivity index (χ3v) is 13.6. The van der Waals surface area contributed by atoms with Crippen molar-refractivity contribution >= 4 is 64.9 Å². The average Bonchev–Trinajstić information content (AvgIpc) is 4.14. The van der Waals surface area contributed by atoms with Gasteiger partial charge in [0.2, 0.25) is 11.9 Å². The van der Waals surface area contributed by atoms with Gasteiger partial charge in [-0.1, -0.05) is 83.0 Å². The maximum Gasteiger partial charge on any atom is 0.421 e. The number of alkyl halides is 3. The molecule has 81 heavy (non-hydrogen) atoms. The van der Waals surface area contributed by atoms with Crippen LogP contribution in [0.3, 0.4) is 0 Å². The number of carbonyl (C=O) groups excluding carboxylic acids is 3. The van der Waals surface area contributed by atoms with E-state index in [4.69, 9.17) is 28.8 Å². The van der Waals surface area contributed by atoms with E-state index >= 15 is 0 Å². The van der Waals surface area contributed by atoms with Crippen molar-refractivity contribution in [3.8, 4) is 16.2 Å². The largest absolute Gasteiger partial charge is 0.491 e. The highest BCUT2D eigenvalue weighted by Crippen LogP contribution is 2.35. The highest BCUT2D eigenvalue weighted by atomic mass is 32.2. The Morgan fingerprint density at radius 1 is 0.877 bits per heavy atom. The van der Waals surface area contributed by atoms with E-state index in [-0.39, 0.29) is 41.7 Å². The first-order valence-electron chi connectivity index (χ1n) is 26.8. The smallest absolute Gasteiger partial charge is 0.421 e. The van der Waals surface area contributed by atoms with E-state index in [1.807, 2.05) is 96.0 Å². The Hall–Kier alpha value is -5.76. The fourth-order valence-corrected chi connectivity index (χ4v) is 8.56. The standard InChI is InChI=1S/C31H40F3N5O6S.C17H21N3OS.C7H15NO.C2H6.CH4O/c1-39(46-2)26-6-3-5-24(21-26)22-35-29-28(31(32,33)34)23-36-30(38-29)37-25-7-9-27(10-8-25)45-20-19-44-18-17-43-16-15-42-14-13-41-12-4-11-40;1-12-16(22-11-19-12)14-7-5-13(6-8-14)10-18-17(21)15-4-3-9-20(15)2;1-7(2,3)6(5-9)8-4;2*1-2/h3,5-11,21,23H,4,12-20,22H2,1-2H3,(H2,35,36,37,38);5-8,11,15H,3-4,9-10H2,1-2H3,(H,18,21);5-6,8H,1-4H3;1-2H3;2H,1H3. The number of halogens is 3. The number of hydrogen-bond donors (Lipinski definition) is 5. The van der Waals surface area contributed by atoms with E-state index in [0.717, 1.165) is 67.8 Å². The highest BCUT2D eigenvalue weighted by molar-refractivity contribution is 7.99. The van der Waals surface area contributed by atoms with Crippen LogP contribution in [0.25, 0.3) is 10.4 Å². The number of benzene rings is 3. The number of aliphatic hydroxyl groups excluding tert-OH is 1. The molecule has 3 aromatic carbocycles. The highest BCUT2D eigenvalue weighted by Gasteiger charge is 2.35. The molecule has 2 unspecified atom stereocenters. The number of aromatic nitrogens is 3. The third kappa shape index (κ3) is 27.7. The third-order valence-electron chi connectivity index (χ3n) is 11.8. The van der Waals surface area contributed by atoms with Gasteiger partial charge in [0.05, 0.1) is 81.0 Å². The van der Waals surface area contributed by atoms with E-state index in [2.05, 4.69) is 65.4 Å². The van der Waals surface area contributed by atoms with Crippen molar-refractivity contribution in [2.45, 2.75) is 92.2 Å². The zero-order valence-electron chi connectivity index (χ0n) is 48.9. The Morgan fingerprint density at radius 3 is 2.00 bits per heavy atom. The summed E-state index contributed by atoms with van der Waals surface area (Å²) in [6.45, 7) is 17.6. The molecule has 0 saturated carbocycles. The monoisotopic (exact) mass is 1170 g/mol. The normalized spacial score (nSPS) is 13.3. The lowest BCUT2D eigenvalue weighted by Gasteiger charge is -2.24. The SMILES string of the molecule is CC.CNC(C=O)C(C)(C)C.CO.CSN(C)c1cccc(CNc2nc(Nc3ccc(OCCOCCOCCOCCOCCC=O)cc3)ncc2C(F)(F)F)c1.Cc1ncsc1-c1ccc(CNC(=O)C2CCCN2C)cc1. The summed E-state index contributed by atoms with van der Waals surface area (Å²) in [5.74, 6) is 0.438. The summed E-state index contributed by atoms with van der Waals surface area (Å²) in [7, 11) is 6.72. The molecule has 1 amide bonds. The number of likely N-dealkylation sites (tertiary alicyclic amines) is 1. The number of aliphatic hydroxyl groups is 1. The number of hydrogen-bond acceptors (Lipinski definition) is 19. The van der Waals surface area contributed by atoms with E-state index in [1.54, 1.807) is 42.6 Å². The summed E-state index contributed by atoms with van der Waals surface area (Å²) < 4.78 is 70.2. The van der Waals surface area contributed by atoms with Gasteiger partial charge in [-0.3, -0.25) is 9.69 Å². The van der Waals surface area contributed by atoms with Gasteiger partial charge in [-0.2, -0.15) is 18.2 Å². The number of ether oxygens (including phenoxy) is 5. The lowest BCUT2D eigenvalue weighted by molar-refractivity contribution is -0.137. The summed E-state index contributed by atoms with van der Waals surface area (Å²) in [5, 5.41) is 18.7. The molecule has 18 nitrogen and oxygen atoms in total. The Bertz CT molecular complexity index is 2490. The molecule has 2 atom stereocenters. The number of amides is 1. The quantitative estimate of drug-likeness (QED) is 0.0171. The molecule has 0 aliphatic carbocycles. The Morgan fingerprint density at radius 2 is 1.49 bits per heavy atom. The van der Waals surface area contributed by atoms with Gasteiger partial charge in [-0.05, 0) is 98.9 Å². The van der Waals surface area contributed by atoms with Crippen LogP contribution >= 0.6 is 23.3 Å². The van der Waals surface area contributed by atoms with Gasteiger partial charge in [0.15, 0.2) is 0 Å². The van der Waals surface area contributed by atoms with Crippen molar-refractivity contribution in [3.05, 3.63) is 107 Å². The fourth-order valence-electron chi connectivity index (χ4n) is 7.42. The molecule has 1 aliphatic heterocycles. The van der Waals surface area contributed by atoms with Crippen LogP contribution in [0.15, 0.2) is 84.5 Å². The molecular formula is C58H86F3N9O9S2. The summed E-state index contributed by atoms with van der Waals surface area (Å²) in [6.07, 6.45) is 2.30. The molecule has 1 saturated heterocycles. The lowest BCUT2D eigenvalue weighted by Crippen LogP contribution is -2.41. The maximum atomic E-state index is 13.7. The van der Waals surface area contributed by atoms with Crippen molar-refractivity contribution in [1.82, 2.24) is 30.5 Å². The van der Waals surface area contributed by atoms with E-state index < -0.39 is 11.7 Å². The molecule has 23 heteroatoms. The number of rotatable bonds is 29. The van der Waals surface area contributed by atoms with Gasteiger partial charge in [-0.15, -0.1) is 11.3 Å². The molecule has 1 fully saturated rings. The van der Waals surface area contributed by atoms with Crippen molar-refractivity contribution in [3.63, 3.8) is 0 Å². The van der Waals surface area contributed by atoms with Gasteiger partial charge in [0.1, 0.15) is 36.3 Å².